The summed E-state index contributed by atoms with van der Waals surface area (Å²) < 4.78 is 5.54. The van der Waals surface area contributed by atoms with Crippen LogP contribution < -0.4 is 21.1 Å². The SMILES string of the molecule is NC1Nc2ccc(O)c(c2)NC1(O)Oc1ccccc1. The number of benzene rings is 2. The van der Waals surface area contributed by atoms with Gasteiger partial charge in [-0.2, -0.15) is 0 Å². The Balaban J connectivity index is 1.93. The van der Waals surface area contributed by atoms with Gasteiger partial charge in [-0.05, 0) is 30.3 Å². The summed E-state index contributed by atoms with van der Waals surface area (Å²) in [5.41, 5.74) is 6.94. The number of ether oxygens (including phenoxy) is 1. The van der Waals surface area contributed by atoms with Crippen molar-refractivity contribution in [3.05, 3.63) is 48.5 Å². The summed E-state index contributed by atoms with van der Waals surface area (Å²) in [5.74, 6) is -1.44. The number of fused-ring (bicyclic) bond motifs is 2. The Morgan fingerprint density at radius 3 is 2.65 bits per heavy atom. The lowest BCUT2D eigenvalue weighted by Gasteiger charge is -2.33. The molecule has 0 radical (unpaired) electrons. The van der Waals surface area contributed by atoms with E-state index in [1.165, 1.54) is 6.07 Å². The molecule has 1 heterocycles. The number of phenols is 1. The van der Waals surface area contributed by atoms with E-state index in [2.05, 4.69) is 10.6 Å². The number of aliphatic hydroxyl groups is 1. The van der Waals surface area contributed by atoms with E-state index in [1.807, 2.05) is 6.07 Å². The van der Waals surface area contributed by atoms with Crippen LogP contribution in [-0.4, -0.2) is 22.3 Å². The molecule has 2 bridgehead atoms. The minimum Gasteiger partial charge on any atom is -0.506 e. The summed E-state index contributed by atoms with van der Waals surface area (Å²) in [6.45, 7) is 0. The van der Waals surface area contributed by atoms with E-state index < -0.39 is 12.1 Å². The molecule has 0 spiro atoms. The normalized spacial score (nSPS) is 24.2. The molecule has 0 saturated heterocycles. The highest BCUT2D eigenvalue weighted by Gasteiger charge is 2.40. The first kappa shape index (κ1) is 12.6. The maximum absolute atomic E-state index is 10.6. The van der Waals surface area contributed by atoms with Crippen molar-refractivity contribution >= 4 is 11.4 Å². The Kier molecular flexibility index (Phi) is 2.89. The quantitative estimate of drug-likeness (QED) is 0.321. The number of hydrogen-bond donors (Lipinski definition) is 5. The van der Waals surface area contributed by atoms with Crippen molar-refractivity contribution in [1.82, 2.24) is 0 Å². The van der Waals surface area contributed by atoms with Gasteiger partial charge in [-0.3, -0.25) is 0 Å². The standard InChI is InChI=1S/C14H15N3O3/c15-13-14(19,20-10-4-2-1-3-5-10)17-11-8-9(16-13)6-7-12(11)18/h1-8,13,16-19H,15H2. The molecule has 1 aliphatic heterocycles. The topological polar surface area (TPSA) is 99.8 Å². The number of nitrogens with one attached hydrogen (secondary N) is 2. The molecule has 20 heavy (non-hydrogen) atoms. The van der Waals surface area contributed by atoms with Crippen LogP contribution >= 0.6 is 0 Å². The Morgan fingerprint density at radius 1 is 1.15 bits per heavy atom. The van der Waals surface area contributed by atoms with Crippen LogP contribution in [0.15, 0.2) is 48.5 Å². The minimum atomic E-state index is -1.89. The van der Waals surface area contributed by atoms with Crippen LogP contribution in [0, 0.1) is 0 Å². The fraction of sp³-hybridized carbons (Fsp3) is 0.143. The highest BCUT2D eigenvalue weighted by Crippen LogP contribution is 2.33. The average molecular weight is 273 g/mol. The van der Waals surface area contributed by atoms with Crippen LogP contribution in [-0.2, 0) is 0 Å². The van der Waals surface area contributed by atoms with Gasteiger partial charge in [-0.15, -0.1) is 0 Å². The molecule has 0 aromatic heterocycles. The van der Waals surface area contributed by atoms with E-state index in [-0.39, 0.29) is 5.75 Å². The predicted octanol–water partition coefficient (Wildman–Crippen LogP) is 1.24. The lowest BCUT2D eigenvalue weighted by Crippen LogP contribution is -2.60. The third-order valence-electron chi connectivity index (χ3n) is 3.07. The van der Waals surface area contributed by atoms with E-state index in [0.717, 1.165) is 0 Å². The van der Waals surface area contributed by atoms with E-state index in [0.29, 0.717) is 17.1 Å². The molecule has 6 heteroatoms. The highest BCUT2D eigenvalue weighted by molar-refractivity contribution is 5.67. The number of phenolic OH excluding ortho intramolecular Hbond substituents is 1. The van der Waals surface area contributed by atoms with Gasteiger partial charge in [-0.25, -0.2) is 0 Å². The van der Waals surface area contributed by atoms with Gasteiger partial charge in [0.2, 0.25) is 0 Å². The molecule has 0 aliphatic carbocycles. The number of aromatic hydroxyl groups is 1. The zero-order valence-corrected chi connectivity index (χ0v) is 10.6. The molecule has 2 atom stereocenters. The lowest BCUT2D eigenvalue weighted by molar-refractivity contribution is -0.123. The zero-order chi connectivity index (χ0) is 14.2. The molecular formula is C14H15N3O3. The third-order valence-corrected chi connectivity index (χ3v) is 3.07. The summed E-state index contributed by atoms with van der Waals surface area (Å²) in [7, 11) is 0. The van der Waals surface area contributed by atoms with Crippen LogP contribution in [0.3, 0.4) is 0 Å². The van der Waals surface area contributed by atoms with Crippen LogP contribution in [0.1, 0.15) is 0 Å². The zero-order valence-electron chi connectivity index (χ0n) is 10.6. The molecule has 2 unspecified atom stereocenters. The molecule has 1 aliphatic rings. The van der Waals surface area contributed by atoms with E-state index in [1.54, 1.807) is 36.4 Å². The molecular weight excluding hydrogens is 258 g/mol. The summed E-state index contributed by atoms with van der Waals surface area (Å²) >= 11 is 0. The summed E-state index contributed by atoms with van der Waals surface area (Å²) in [6, 6.07) is 13.6. The lowest BCUT2D eigenvalue weighted by atomic mass is 10.2. The van der Waals surface area contributed by atoms with Gasteiger partial charge in [0.1, 0.15) is 11.5 Å². The van der Waals surface area contributed by atoms with Crippen LogP contribution in [0.5, 0.6) is 11.5 Å². The van der Waals surface area contributed by atoms with Gasteiger partial charge in [-0.1, -0.05) is 18.2 Å². The molecule has 6 N–H and O–H groups in total. The summed E-state index contributed by atoms with van der Waals surface area (Å²) in [5, 5.41) is 26.0. The smallest absolute Gasteiger partial charge is 0.325 e. The van der Waals surface area contributed by atoms with E-state index in [9.17, 15) is 10.2 Å². The second kappa shape index (κ2) is 4.59. The maximum Gasteiger partial charge on any atom is 0.325 e. The first-order valence-electron chi connectivity index (χ1n) is 6.16. The van der Waals surface area contributed by atoms with Gasteiger partial charge in [0.05, 0.1) is 5.69 Å². The van der Waals surface area contributed by atoms with Crippen molar-refractivity contribution in [3.8, 4) is 11.5 Å². The number of anilines is 2. The van der Waals surface area contributed by atoms with Crippen molar-refractivity contribution < 1.29 is 14.9 Å². The predicted molar refractivity (Wildman–Crippen MR) is 75.3 cm³/mol. The molecule has 0 fully saturated rings. The summed E-state index contributed by atoms with van der Waals surface area (Å²) in [6.07, 6.45) is -0.929. The second-order valence-corrected chi connectivity index (χ2v) is 4.59. The van der Waals surface area contributed by atoms with Crippen molar-refractivity contribution in [3.63, 3.8) is 0 Å². The number of nitrogens with two attached hydrogens (primary N) is 1. The first-order valence-corrected chi connectivity index (χ1v) is 6.16. The van der Waals surface area contributed by atoms with Crippen molar-refractivity contribution in [1.29, 1.82) is 0 Å². The maximum atomic E-state index is 10.6. The Bertz CT molecular complexity index is 620. The van der Waals surface area contributed by atoms with Crippen LogP contribution in [0.25, 0.3) is 0 Å². The van der Waals surface area contributed by atoms with Gasteiger partial charge in [0.15, 0.2) is 6.17 Å². The van der Waals surface area contributed by atoms with E-state index in [4.69, 9.17) is 10.5 Å². The molecule has 104 valence electrons. The highest BCUT2D eigenvalue weighted by atomic mass is 16.6. The Labute approximate surface area is 115 Å². The van der Waals surface area contributed by atoms with Gasteiger partial charge in [0, 0.05) is 5.69 Å². The van der Waals surface area contributed by atoms with Crippen molar-refractivity contribution in [2.75, 3.05) is 10.6 Å². The van der Waals surface area contributed by atoms with Crippen LogP contribution in [0.2, 0.25) is 0 Å². The van der Waals surface area contributed by atoms with Crippen molar-refractivity contribution in [2.24, 2.45) is 5.73 Å². The molecule has 0 amide bonds. The Hall–Kier alpha value is -2.44. The number of para-hydroxylation sites is 1. The fourth-order valence-electron chi connectivity index (χ4n) is 2.03. The van der Waals surface area contributed by atoms with E-state index >= 15 is 0 Å². The van der Waals surface area contributed by atoms with Gasteiger partial charge in [0.25, 0.3) is 0 Å². The second-order valence-electron chi connectivity index (χ2n) is 4.59. The number of hydrogen-bond acceptors (Lipinski definition) is 6. The molecule has 6 nitrogen and oxygen atoms in total. The largest absolute Gasteiger partial charge is 0.506 e. The molecule has 3 rings (SSSR count). The molecule has 2 aromatic carbocycles. The molecule has 0 saturated carbocycles. The molecule has 2 aromatic rings. The monoisotopic (exact) mass is 273 g/mol. The average Bonchev–Trinajstić information content (AvgIpc) is 2.52. The number of rotatable bonds is 2. The van der Waals surface area contributed by atoms with Crippen molar-refractivity contribution in [2.45, 2.75) is 12.1 Å². The first-order chi connectivity index (χ1) is 9.57. The summed E-state index contributed by atoms with van der Waals surface area (Å²) in [4.78, 5) is 0. The van der Waals surface area contributed by atoms with Gasteiger partial charge < -0.3 is 31.3 Å². The van der Waals surface area contributed by atoms with Crippen LogP contribution in [0.4, 0.5) is 11.4 Å². The minimum absolute atomic E-state index is 0.000244. The third kappa shape index (κ3) is 2.22. The Morgan fingerprint density at radius 2 is 1.90 bits per heavy atom. The van der Waals surface area contributed by atoms with Gasteiger partial charge >= 0.3 is 5.91 Å². The fourth-order valence-corrected chi connectivity index (χ4v) is 2.03.